The average Bonchev–Trinajstić information content (AvgIpc) is 3.11. The SMILES string of the molecule is Cc1csc(NC(=O)CSc2nc(CN3CCOCC3)nc3ccccc23)n1. The Hall–Kier alpha value is -2.07. The minimum Gasteiger partial charge on any atom is -0.379 e. The van der Waals surface area contributed by atoms with Gasteiger partial charge in [-0.2, -0.15) is 0 Å². The van der Waals surface area contributed by atoms with Crippen LogP contribution in [0, 0.1) is 6.92 Å². The highest BCUT2D eigenvalue weighted by Gasteiger charge is 2.15. The van der Waals surface area contributed by atoms with Crippen molar-refractivity contribution in [1.82, 2.24) is 19.9 Å². The maximum absolute atomic E-state index is 12.3. The number of ether oxygens (including phenoxy) is 1. The molecular formula is C19H21N5O2S2. The van der Waals surface area contributed by atoms with Crippen molar-refractivity contribution in [2.75, 3.05) is 37.4 Å². The monoisotopic (exact) mass is 415 g/mol. The molecule has 0 bridgehead atoms. The summed E-state index contributed by atoms with van der Waals surface area (Å²) in [6.07, 6.45) is 0. The number of hydrogen-bond donors (Lipinski definition) is 1. The number of carbonyl (C=O) groups excluding carboxylic acids is 1. The third kappa shape index (κ3) is 4.85. The van der Waals surface area contributed by atoms with E-state index in [0.717, 1.165) is 53.8 Å². The lowest BCUT2D eigenvalue weighted by Gasteiger charge is -2.25. The van der Waals surface area contributed by atoms with Crippen molar-refractivity contribution >= 4 is 45.0 Å². The van der Waals surface area contributed by atoms with Gasteiger partial charge in [0.1, 0.15) is 10.9 Å². The molecule has 0 spiro atoms. The van der Waals surface area contributed by atoms with E-state index in [1.54, 1.807) is 0 Å². The van der Waals surface area contributed by atoms with Crippen LogP contribution < -0.4 is 5.32 Å². The van der Waals surface area contributed by atoms with Gasteiger partial charge in [-0.25, -0.2) is 15.0 Å². The van der Waals surface area contributed by atoms with Gasteiger partial charge in [-0.05, 0) is 13.0 Å². The molecule has 3 aromatic rings. The summed E-state index contributed by atoms with van der Waals surface area (Å²) in [6.45, 7) is 5.84. The zero-order valence-electron chi connectivity index (χ0n) is 15.6. The lowest BCUT2D eigenvalue weighted by Crippen LogP contribution is -2.36. The summed E-state index contributed by atoms with van der Waals surface area (Å²) in [7, 11) is 0. The summed E-state index contributed by atoms with van der Waals surface area (Å²) in [5.41, 5.74) is 1.81. The Balaban J connectivity index is 1.48. The van der Waals surface area contributed by atoms with E-state index in [1.165, 1.54) is 23.1 Å². The van der Waals surface area contributed by atoms with Crippen molar-refractivity contribution in [3.05, 3.63) is 41.2 Å². The molecule has 7 nitrogen and oxygen atoms in total. The second-order valence-corrected chi connectivity index (χ2v) is 8.30. The second kappa shape index (κ2) is 8.95. The van der Waals surface area contributed by atoms with Gasteiger partial charge in [0, 0.05) is 23.9 Å². The van der Waals surface area contributed by atoms with Crippen molar-refractivity contribution in [2.24, 2.45) is 0 Å². The number of anilines is 1. The van der Waals surface area contributed by atoms with E-state index in [-0.39, 0.29) is 11.7 Å². The highest BCUT2D eigenvalue weighted by atomic mass is 32.2. The summed E-state index contributed by atoms with van der Waals surface area (Å²) in [5.74, 6) is 0.965. The van der Waals surface area contributed by atoms with Crippen LogP contribution in [0.3, 0.4) is 0 Å². The predicted octanol–water partition coefficient (Wildman–Crippen LogP) is 2.96. The van der Waals surface area contributed by atoms with Crippen LogP contribution in [-0.2, 0) is 16.1 Å². The Morgan fingerprint density at radius 3 is 2.86 bits per heavy atom. The Kier molecular flexibility index (Phi) is 6.16. The first-order chi connectivity index (χ1) is 13.7. The first-order valence-corrected chi connectivity index (χ1v) is 10.9. The molecule has 1 aromatic carbocycles. The van der Waals surface area contributed by atoms with Gasteiger partial charge in [-0.3, -0.25) is 9.69 Å². The van der Waals surface area contributed by atoms with Gasteiger partial charge < -0.3 is 10.1 Å². The quantitative estimate of drug-likeness (QED) is 0.490. The van der Waals surface area contributed by atoms with Gasteiger partial charge in [0.15, 0.2) is 5.13 Å². The zero-order chi connectivity index (χ0) is 19.3. The first kappa shape index (κ1) is 19.3. The van der Waals surface area contributed by atoms with Crippen LogP contribution in [0.4, 0.5) is 5.13 Å². The fourth-order valence-electron chi connectivity index (χ4n) is 2.93. The van der Waals surface area contributed by atoms with Gasteiger partial charge in [-0.1, -0.05) is 30.0 Å². The molecule has 0 aliphatic carbocycles. The van der Waals surface area contributed by atoms with Gasteiger partial charge >= 0.3 is 0 Å². The lowest BCUT2D eigenvalue weighted by molar-refractivity contribution is -0.113. The fraction of sp³-hybridized carbons (Fsp3) is 0.368. The van der Waals surface area contributed by atoms with Crippen molar-refractivity contribution in [3.8, 4) is 0 Å². The molecule has 0 saturated carbocycles. The van der Waals surface area contributed by atoms with E-state index in [1.807, 2.05) is 36.6 Å². The molecule has 146 valence electrons. The predicted molar refractivity (Wildman–Crippen MR) is 112 cm³/mol. The van der Waals surface area contributed by atoms with E-state index in [2.05, 4.69) is 15.2 Å². The minimum absolute atomic E-state index is 0.0863. The minimum atomic E-state index is -0.0863. The number of hydrogen-bond acceptors (Lipinski definition) is 8. The molecule has 0 atom stereocenters. The number of thiazole rings is 1. The van der Waals surface area contributed by atoms with E-state index in [9.17, 15) is 4.79 Å². The number of benzene rings is 1. The number of fused-ring (bicyclic) bond motifs is 1. The smallest absolute Gasteiger partial charge is 0.236 e. The van der Waals surface area contributed by atoms with Crippen LogP contribution in [0.15, 0.2) is 34.7 Å². The number of nitrogens with one attached hydrogen (secondary N) is 1. The molecule has 1 aliphatic heterocycles. The number of thioether (sulfide) groups is 1. The Morgan fingerprint density at radius 2 is 2.07 bits per heavy atom. The number of amides is 1. The van der Waals surface area contributed by atoms with Gasteiger partial charge in [-0.15, -0.1) is 11.3 Å². The van der Waals surface area contributed by atoms with E-state index < -0.39 is 0 Å². The highest BCUT2D eigenvalue weighted by Crippen LogP contribution is 2.26. The number of aromatic nitrogens is 3. The molecule has 0 radical (unpaired) electrons. The zero-order valence-corrected chi connectivity index (χ0v) is 17.2. The topological polar surface area (TPSA) is 80.2 Å². The van der Waals surface area contributed by atoms with Crippen molar-refractivity contribution < 1.29 is 9.53 Å². The standard InChI is InChI=1S/C19H21N5O2S2/c1-13-11-28-19(20-13)23-17(25)12-27-18-14-4-2-3-5-15(14)21-16(22-18)10-24-6-8-26-9-7-24/h2-5,11H,6-10,12H2,1H3,(H,20,23,25). The summed E-state index contributed by atoms with van der Waals surface area (Å²) in [6, 6.07) is 7.93. The molecule has 1 aliphatic rings. The molecule has 4 rings (SSSR count). The molecule has 0 unspecified atom stereocenters. The number of para-hydroxylation sites is 1. The molecule has 1 fully saturated rings. The third-order valence-corrected chi connectivity index (χ3v) is 6.16. The summed E-state index contributed by atoms with van der Waals surface area (Å²) < 4.78 is 5.41. The maximum Gasteiger partial charge on any atom is 0.236 e. The molecule has 3 heterocycles. The highest BCUT2D eigenvalue weighted by molar-refractivity contribution is 8.00. The van der Waals surface area contributed by atoms with Gasteiger partial charge in [0.2, 0.25) is 5.91 Å². The number of rotatable bonds is 6. The summed E-state index contributed by atoms with van der Waals surface area (Å²) in [4.78, 5) is 28.3. The van der Waals surface area contributed by atoms with E-state index in [0.29, 0.717) is 11.7 Å². The third-order valence-electron chi connectivity index (χ3n) is 4.29. The number of carbonyl (C=O) groups is 1. The molecule has 9 heteroatoms. The van der Waals surface area contributed by atoms with E-state index >= 15 is 0 Å². The fourth-order valence-corrected chi connectivity index (χ4v) is 4.48. The largest absolute Gasteiger partial charge is 0.379 e. The van der Waals surface area contributed by atoms with Crippen molar-refractivity contribution in [3.63, 3.8) is 0 Å². The number of nitrogens with zero attached hydrogens (tertiary/aromatic N) is 4. The van der Waals surface area contributed by atoms with Crippen LogP contribution in [-0.4, -0.2) is 57.8 Å². The first-order valence-electron chi connectivity index (χ1n) is 9.08. The average molecular weight is 416 g/mol. The van der Waals surface area contributed by atoms with Crippen molar-refractivity contribution in [1.29, 1.82) is 0 Å². The van der Waals surface area contributed by atoms with Crippen LogP contribution in [0.5, 0.6) is 0 Å². The molecular weight excluding hydrogens is 394 g/mol. The van der Waals surface area contributed by atoms with Crippen LogP contribution >= 0.6 is 23.1 Å². The molecule has 1 N–H and O–H groups in total. The van der Waals surface area contributed by atoms with Gasteiger partial charge in [0.25, 0.3) is 0 Å². The Morgan fingerprint density at radius 1 is 1.25 bits per heavy atom. The van der Waals surface area contributed by atoms with Crippen LogP contribution in [0.25, 0.3) is 10.9 Å². The van der Waals surface area contributed by atoms with Crippen molar-refractivity contribution in [2.45, 2.75) is 18.5 Å². The Bertz CT molecular complexity index is 972. The number of morpholine rings is 1. The second-order valence-electron chi connectivity index (χ2n) is 6.48. The normalized spacial score (nSPS) is 15.0. The molecule has 1 saturated heterocycles. The molecule has 2 aromatic heterocycles. The maximum atomic E-state index is 12.3. The molecule has 1 amide bonds. The summed E-state index contributed by atoms with van der Waals surface area (Å²) in [5, 5.41) is 7.19. The van der Waals surface area contributed by atoms with Crippen LogP contribution in [0.1, 0.15) is 11.5 Å². The summed E-state index contributed by atoms with van der Waals surface area (Å²) >= 11 is 2.86. The van der Waals surface area contributed by atoms with Crippen LogP contribution in [0.2, 0.25) is 0 Å². The molecule has 28 heavy (non-hydrogen) atoms. The van der Waals surface area contributed by atoms with E-state index in [4.69, 9.17) is 14.7 Å². The number of aryl methyl sites for hydroxylation is 1. The Labute approximate surface area is 171 Å². The van der Waals surface area contributed by atoms with Gasteiger partial charge in [0.05, 0.1) is 36.7 Å². The lowest BCUT2D eigenvalue weighted by atomic mass is 10.2.